The third-order valence-electron chi connectivity index (χ3n) is 4.62. The average molecular weight is 469 g/mol. The number of benzene rings is 1. The van der Waals surface area contributed by atoms with Crippen molar-refractivity contribution >= 4 is 29.0 Å². The third kappa shape index (κ3) is 5.43. The zero-order valence-corrected chi connectivity index (χ0v) is 19.5. The number of H-pyrrole nitrogens is 1. The van der Waals surface area contributed by atoms with Crippen LogP contribution in [0.15, 0.2) is 21.7 Å². The molecule has 1 heterocycles. The number of nitrogens with one attached hydrogen (secondary N) is 1. The van der Waals surface area contributed by atoms with Crippen LogP contribution in [0.3, 0.4) is 0 Å². The van der Waals surface area contributed by atoms with Gasteiger partial charge in [0.25, 0.3) is 11.5 Å². The van der Waals surface area contributed by atoms with E-state index in [-0.39, 0.29) is 47.5 Å². The first kappa shape index (κ1) is 25.3. The minimum Gasteiger partial charge on any atom is -0.493 e. The van der Waals surface area contributed by atoms with E-state index in [1.165, 1.54) is 35.8 Å². The number of rotatable bonds is 11. The second-order valence-corrected chi connectivity index (χ2v) is 7.34. The summed E-state index contributed by atoms with van der Waals surface area (Å²) in [6.45, 7) is 4.66. The van der Waals surface area contributed by atoms with Gasteiger partial charge in [0.15, 0.2) is 17.2 Å². The fourth-order valence-electron chi connectivity index (χ4n) is 3.12. The predicted octanol–water partition coefficient (Wildman–Crippen LogP) is 2.27. The lowest BCUT2D eigenvalue weighted by Gasteiger charge is -2.25. The molecule has 11 heteroatoms. The number of anilines is 2. The van der Waals surface area contributed by atoms with Crippen molar-refractivity contribution in [2.45, 2.75) is 33.2 Å². The molecule has 0 fully saturated rings. The molecule has 1 amide bonds. The molecule has 10 nitrogen and oxygen atoms in total. The molecule has 0 spiro atoms. The van der Waals surface area contributed by atoms with Crippen molar-refractivity contribution in [3.8, 4) is 11.5 Å². The van der Waals surface area contributed by atoms with Gasteiger partial charge in [-0.25, -0.2) is 4.79 Å². The SMILES string of the molecule is CCCOc1c(Cl)cc(C(=O)N(CCOC)c2c(N)n(CCC)c(=O)[nH]c2=O)cc1OC. The molecule has 0 saturated heterocycles. The summed E-state index contributed by atoms with van der Waals surface area (Å²) in [5.41, 5.74) is 4.76. The molecule has 2 rings (SSSR count). The van der Waals surface area contributed by atoms with Crippen LogP contribution in [0.25, 0.3) is 0 Å². The molecule has 0 atom stereocenters. The topological polar surface area (TPSA) is 129 Å². The standard InChI is InChI=1S/C21H29ClN4O6/c1-5-7-26-18(23)16(19(27)24-21(26)29)25(8-10-30-3)20(28)13-11-14(22)17(32-9-6-2)15(12-13)31-4/h11-12H,5-10,23H2,1-4H3,(H,24,27,29). The molecule has 3 N–H and O–H groups in total. The number of nitrogens with zero attached hydrogens (tertiary/aromatic N) is 2. The average Bonchev–Trinajstić information content (AvgIpc) is 2.76. The monoisotopic (exact) mass is 468 g/mol. The van der Waals surface area contributed by atoms with E-state index in [0.29, 0.717) is 18.8 Å². The number of amides is 1. The van der Waals surface area contributed by atoms with Gasteiger partial charge in [0.1, 0.15) is 5.82 Å². The van der Waals surface area contributed by atoms with Crippen LogP contribution in [0, 0.1) is 0 Å². The van der Waals surface area contributed by atoms with Crippen molar-refractivity contribution in [1.82, 2.24) is 9.55 Å². The minimum atomic E-state index is -0.773. The Morgan fingerprint density at radius 3 is 2.50 bits per heavy atom. The Morgan fingerprint density at radius 2 is 1.91 bits per heavy atom. The van der Waals surface area contributed by atoms with E-state index in [2.05, 4.69) is 4.98 Å². The normalized spacial score (nSPS) is 10.8. The van der Waals surface area contributed by atoms with Gasteiger partial charge >= 0.3 is 5.69 Å². The fraction of sp³-hybridized carbons (Fsp3) is 0.476. The molecule has 2 aromatic rings. The van der Waals surface area contributed by atoms with Gasteiger partial charge < -0.3 is 19.9 Å². The van der Waals surface area contributed by atoms with Crippen LogP contribution in [0.1, 0.15) is 37.0 Å². The van der Waals surface area contributed by atoms with Gasteiger partial charge in [0.2, 0.25) is 0 Å². The molecule has 0 saturated carbocycles. The van der Waals surface area contributed by atoms with Crippen LogP contribution in [-0.2, 0) is 11.3 Å². The minimum absolute atomic E-state index is 0.0148. The van der Waals surface area contributed by atoms with Crippen molar-refractivity contribution in [2.75, 3.05) is 44.6 Å². The van der Waals surface area contributed by atoms with E-state index < -0.39 is 17.2 Å². The van der Waals surface area contributed by atoms with E-state index in [9.17, 15) is 14.4 Å². The first-order chi connectivity index (χ1) is 15.3. The number of nitrogens with two attached hydrogens (primary N) is 1. The lowest BCUT2D eigenvalue weighted by atomic mass is 10.1. The molecule has 0 aliphatic rings. The van der Waals surface area contributed by atoms with Crippen molar-refractivity contribution in [2.24, 2.45) is 0 Å². The quantitative estimate of drug-likeness (QED) is 0.517. The molecule has 0 aliphatic carbocycles. The number of hydrogen-bond donors (Lipinski definition) is 2. The molecular weight excluding hydrogens is 440 g/mol. The highest BCUT2D eigenvalue weighted by molar-refractivity contribution is 6.32. The first-order valence-electron chi connectivity index (χ1n) is 10.2. The number of carbonyl (C=O) groups is 1. The molecule has 0 unspecified atom stereocenters. The van der Waals surface area contributed by atoms with Crippen LogP contribution in [0.4, 0.5) is 11.5 Å². The van der Waals surface area contributed by atoms with Gasteiger partial charge in [0, 0.05) is 25.8 Å². The number of nitrogen functional groups attached to an aromatic ring is 1. The Labute approximate surface area is 190 Å². The number of carbonyl (C=O) groups excluding carboxylic acids is 1. The maximum absolute atomic E-state index is 13.5. The third-order valence-corrected chi connectivity index (χ3v) is 4.90. The summed E-state index contributed by atoms with van der Waals surface area (Å²) >= 11 is 6.36. The highest BCUT2D eigenvalue weighted by atomic mass is 35.5. The van der Waals surface area contributed by atoms with Gasteiger partial charge in [-0.05, 0) is 25.0 Å². The summed E-state index contributed by atoms with van der Waals surface area (Å²) in [5.74, 6) is -0.0714. The molecule has 32 heavy (non-hydrogen) atoms. The van der Waals surface area contributed by atoms with Crippen molar-refractivity contribution in [3.05, 3.63) is 43.6 Å². The van der Waals surface area contributed by atoms with Gasteiger partial charge in [0.05, 0.1) is 25.3 Å². The zero-order chi connectivity index (χ0) is 23.8. The molecular formula is C21H29ClN4O6. The fourth-order valence-corrected chi connectivity index (χ4v) is 3.39. The maximum Gasteiger partial charge on any atom is 0.330 e. The van der Waals surface area contributed by atoms with Crippen molar-refractivity contribution < 1.29 is 19.0 Å². The Bertz CT molecular complexity index is 1070. The van der Waals surface area contributed by atoms with E-state index >= 15 is 0 Å². The summed E-state index contributed by atoms with van der Waals surface area (Å²) in [5, 5.41) is 0.186. The largest absolute Gasteiger partial charge is 0.493 e. The Kier molecular flexibility index (Phi) is 9.15. The summed E-state index contributed by atoms with van der Waals surface area (Å²) in [4.78, 5) is 41.7. The number of ether oxygens (including phenoxy) is 3. The molecule has 1 aromatic carbocycles. The number of hydrogen-bond acceptors (Lipinski definition) is 7. The number of methoxy groups -OCH3 is 2. The lowest BCUT2D eigenvalue weighted by Crippen LogP contribution is -2.42. The zero-order valence-electron chi connectivity index (χ0n) is 18.7. The predicted molar refractivity (Wildman–Crippen MR) is 123 cm³/mol. The highest BCUT2D eigenvalue weighted by Crippen LogP contribution is 2.37. The second kappa shape index (κ2) is 11.6. The molecule has 1 aromatic heterocycles. The van der Waals surface area contributed by atoms with E-state index in [4.69, 9.17) is 31.5 Å². The first-order valence-corrected chi connectivity index (χ1v) is 10.6. The summed E-state index contributed by atoms with van der Waals surface area (Å²) in [6, 6.07) is 2.91. The molecule has 0 bridgehead atoms. The lowest BCUT2D eigenvalue weighted by molar-refractivity contribution is 0.0975. The number of aromatic nitrogens is 2. The number of aromatic amines is 1. The maximum atomic E-state index is 13.5. The second-order valence-electron chi connectivity index (χ2n) is 6.93. The van der Waals surface area contributed by atoms with Crippen LogP contribution < -0.4 is 31.4 Å². The summed E-state index contributed by atoms with van der Waals surface area (Å²) < 4.78 is 17.3. The summed E-state index contributed by atoms with van der Waals surface area (Å²) in [6.07, 6.45) is 1.37. The Balaban J connectivity index is 2.62. The van der Waals surface area contributed by atoms with Gasteiger partial charge in [-0.3, -0.25) is 24.0 Å². The summed E-state index contributed by atoms with van der Waals surface area (Å²) in [7, 11) is 2.90. The number of halogens is 1. The van der Waals surface area contributed by atoms with E-state index in [0.717, 1.165) is 6.42 Å². The van der Waals surface area contributed by atoms with Crippen molar-refractivity contribution in [1.29, 1.82) is 0 Å². The van der Waals surface area contributed by atoms with Crippen LogP contribution in [0.2, 0.25) is 5.02 Å². The Hall–Kier alpha value is -2.98. The molecule has 176 valence electrons. The van der Waals surface area contributed by atoms with Gasteiger partial charge in [-0.15, -0.1) is 0 Å². The Morgan fingerprint density at radius 1 is 1.19 bits per heavy atom. The van der Waals surface area contributed by atoms with Gasteiger partial charge in [-0.2, -0.15) is 0 Å². The van der Waals surface area contributed by atoms with Crippen molar-refractivity contribution in [3.63, 3.8) is 0 Å². The van der Waals surface area contributed by atoms with Crippen LogP contribution in [-0.4, -0.2) is 49.4 Å². The van der Waals surface area contributed by atoms with Crippen LogP contribution in [0.5, 0.6) is 11.5 Å². The van der Waals surface area contributed by atoms with Gasteiger partial charge in [-0.1, -0.05) is 25.4 Å². The smallest absolute Gasteiger partial charge is 0.330 e. The van der Waals surface area contributed by atoms with E-state index in [1.54, 1.807) is 0 Å². The molecule has 0 aliphatic heterocycles. The molecule has 0 radical (unpaired) electrons. The van der Waals surface area contributed by atoms with Crippen LogP contribution >= 0.6 is 11.6 Å². The van der Waals surface area contributed by atoms with E-state index in [1.807, 2.05) is 13.8 Å². The highest BCUT2D eigenvalue weighted by Gasteiger charge is 2.27.